The van der Waals surface area contributed by atoms with Crippen LogP contribution in [0, 0.1) is 32.1 Å². The molecule has 9 heteroatoms. The molecule has 0 heterocycles. The van der Waals surface area contributed by atoms with Crippen LogP contribution in [0.5, 0.6) is 0 Å². The Balaban J connectivity index is 1.92. The molecule has 0 saturated heterocycles. The molecular weight excluding hydrogens is 439 g/mol. The fourth-order valence-corrected chi connectivity index (χ4v) is 5.51. The number of nitrogens with zero attached hydrogens (tertiary/aromatic N) is 1. The second-order valence-corrected chi connectivity index (χ2v) is 9.29. The summed E-state index contributed by atoms with van der Waals surface area (Å²) < 4.78 is 68.8. The molecule has 0 spiro atoms. The Kier molecular flexibility index (Phi) is 6.49. The Labute approximate surface area is 184 Å². The Morgan fingerprint density at radius 3 is 2.19 bits per heavy atom. The van der Waals surface area contributed by atoms with Crippen molar-refractivity contribution < 1.29 is 21.6 Å². The number of hydrogen-bond acceptors (Lipinski definition) is 4. The van der Waals surface area contributed by atoms with Crippen LogP contribution in [-0.4, -0.2) is 27.2 Å². The highest BCUT2D eigenvalue weighted by atomic mass is 32.2. The normalized spacial score (nSPS) is 13.0. The molecule has 1 atom stereocenters. The summed E-state index contributed by atoms with van der Waals surface area (Å²) in [6.45, 7) is 4.17. The smallest absolute Gasteiger partial charge is 0.383 e. The van der Waals surface area contributed by atoms with E-state index >= 15 is 0 Å². The maximum Gasteiger partial charge on any atom is 0.406 e. The van der Waals surface area contributed by atoms with Gasteiger partial charge in [-0.3, -0.25) is 0 Å². The molecule has 0 saturated carbocycles. The summed E-state index contributed by atoms with van der Waals surface area (Å²) in [4.78, 5) is -0.152. The summed E-state index contributed by atoms with van der Waals surface area (Å²) in [7, 11) is -4.43. The molecule has 3 aromatic rings. The molecule has 0 radical (unpaired) electrons. The lowest BCUT2D eigenvalue weighted by Crippen LogP contribution is -2.49. The summed E-state index contributed by atoms with van der Waals surface area (Å²) >= 11 is 0. The molecule has 0 amide bonds. The van der Waals surface area contributed by atoms with Crippen LogP contribution in [0.3, 0.4) is 0 Å². The molecule has 0 aromatic heterocycles. The molecule has 3 aromatic carbocycles. The van der Waals surface area contributed by atoms with Crippen LogP contribution in [0.4, 0.5) is 18.9 Å². The molecule has 0 aliphatic carbocycles. The van der Waals surface area contributed by atoms with E-state index in [0.717, 1.165) is 5.56 Å². The molecule has 0 aliphatic rings. The molecule has 32 heavy (non-hydrogen) atoms. The van der Waals surface area contributed by atoms with Gasteiger partial charge in [0.15, 0.2) is 0 Å². The number of anilines is 1. The maximum atomic E-state index is 13.8. The van der Waals surface area contributed by atoms with E-state index in [-0.39, 0.29) is 4.90 Å². The second-order valence-electron chi connectivity index (χ2n) is 7.64. The highest BCUT2D eigenvalue weighted by molar-refractivity contribution is 7.89. The molecular formula is C23H22F3N3O2S. The van der Waals surface area contributed by atoms with Gasteiger partial charge in [-0.2, -0.15) is 23.2 Å². The van der Waals surface area contributed by atoms with E-state index < -0.39 is 28.8 Å². The zero-order valence-electron chi connectivity index (χ0n) is 17.7. The first-order chi connectivity index (χ1) is 14.9. The first kappa shape index (κ1) is 23.6. The molecule has 2 N–H and O–H groups in total. The van der Waals surface area contributed by atoms with Crippen molar-refractivity contribution >= 4 is 26.5 Å². The number of nitriles is 1. The van der Waals surface area contributed by atoms with Crippen molar-refractivity contribution in [1.82, 2.24) is 4.72 Å². The topological polar surface area (TPSA) is 82.0 Å². The van der Waals surface area contributed by atoms with E-state index in [1.54, 1.807) is 69.3 Å². The van der Waals surface area contributed by atoms with Gasteiger partial charge in [-0.05, 0) is 44.0 Å². The zero-order chi connectivity index (χ0) is 23.7. The van der Waals surface area contributed by atoms with E-state index in [1.165, 1.54) is 0 Å². The van der Waals surface area contributed by atoms with Crippen molar-refractivity contribution in [3.05, 3.63) is 70.8 Å². The highest BCUT2D eigenvalue weighted by Gasteiger charge is 2.42. The molecule has 0 aliphatic heterocycles. The predicted octanol–water partition coefficient (Wildman–Crippen LogP) is 4.96. The quantitative estimate of drug-likeness (QED) is 0.544. The first-order valence-electron chi connectivity index (χ1n) is 9.76. The number of benzene rings is 3. The number of halogens is 3. The minimum Gasteiger partial charge on any atom is -0.383 e. The van der Waals surface area contributed by atoms with Crippen LogP contribution in [0.2, 0.25) is 0 Å². The minimum absolute atomic E-state index is 0.152. The van der Waals surface area contributed by atoms with Crippen LogP contribution >= 0.6 is 0 Å². The van der Waals surface area contributed by atoms with E-state index in [2.05, 4.69) is 11.4 Å². The van der Waals surface area contributed by atoms with E-state index in [9.17, 15) is 26.9 Å². The van der Waals surface area contributed by atoms with Crippen molar-refractivity contribution in [2.24, 2.45) is 0 Å². The van der Waals surface area contributed by atoms with Gasteiger partial charge in [0.1, 0.15) is 6.04 Å². The standard InChI is InChI=1S/C23H22F3N3O2S/c1-14-10-15(2)22(16(3)11-14)32(30,31)29-21(23(24,25)26)13-28-20-9-5-7-18-17(12-27)6-4-8-19(18)20/h4-11,21,28-29H,13H2,1-3H3. The maximum absolute atomic E-state index is 13.8. The SMILES string of the molecule is Cc1cc(C)c(S(=O)(=O)NC(CNc2cccc3c(C#N)cccc23)C(F)(F)F)c(C)c1. The third-order valence-electron chi connectivity index (χ3n) is 5.11. The first-order valence-corrected chi connectivity index (χ1v) is 11.2. The summed E-state index contributed by atoms with van der Waals surface area (Å²) in [5.74, 6) is 0. The molecule has 3 rings (SSSR count). The van der Waals surface area contributed by atoms with Crippen LogP contribution in [0.1, 0.15) is 22.3 Å². The van der Waals surface area contributed by atoms with Crippen LogP contribution < -0.4 is 10.0 Å². The lowest BCUT2D eigenvalue weighted by Gasteiger charge is -2.24. The van der Waals surface area contributed by atoms with Gasteiger partial charge in [0.2, 0.25) is 10.0 Å². The number of hydrogen-bond donors (Lipinski definition) is 2. The largest absolute Gasteiger partial charge is 0.406 e. The van der Waals surface area contributed by atoms with Gasteiger partial charge >= 0.3 is 6.18 Å². The molecule has 0 bridgehead atoms. The number of sulfonamides is 1. The van der Waals surface area contributed by atoms with E-state index in [1.807, 2.05) is 4.72 Å². The van der Waals surface area contributed by atoms with Crippen LogP contribution in [-0.2, 0) is 10.0 Å². The number of aryl methyl sites for hydroxylation is 3. The van der Waals surface area contributed by atoms with Gasteiger partial charge < -0.3 is 5.32 Å². The van der Waals surface area contributed by atoms with Crippen molar-refractivity contribution in [2.45, 2.75) is 37.9 Å². The summed E-state index contributed by atoms with van der Waals surface area (Å²) in [5.41, 5.74) is 2.34. The van der Waals surface area contributed by atoms with Gasteiger partial charge in [-0.1, -0.05) is 42.0 Å². The van der Waals surface area contributed by atoms with Gasteiger partial charge in [0, 0.05) is 23.0 Å². The van der Waals surface area contributed by atoms with Crippen molar-refractivity contribution in [1.29, 1.82) is 5.26 Å². The van der Waals surface area contributed by atoms with E-state index in [0.29, 0.717) is 33.2 Å². The number of rotatable bonds is 6. The van der Waals surface area contributed by atoms with Gasteiger partial charge in [-0.25, -0.2) is 8.42 Å². The number of nitrogens with one attached hydrogen (secondary N) is 2. The van der Waals surface area contributed by atoms with Crippen molar-refractivity contribution in [2.75, 3.05) is 11.9 Å². The molecule has 168 valence electrons. The van der Waals surface area contributed by atoms with E-state index in [4.69, 9.17) is 0 Å². The Morgan fingerprint density at radius 1 is 1.00 bits per heavy atom. The Bertz CT molecular complexity index is 1290. The Hall–Kier alpha value is -3.09. The fourth-order valence-electron chi connectivity index (χ4n) is 3.83. The summed E-state index contributed by atoms with van der Waals surface area (Å²) in [5, 5.41) is 13.1. The van der Waals surface area contributed by atoms with Crippen LogP contribution in [0.25, 0.3) is 10.8 Å². The predicted molar refractivity (Wildman–Crippen MR) is 118 cm³/mol. The highest BCUT2D eigenvalue weighted by Crippen LogP contribution is 2.29. The monoisotopic (exact) mass is 461 g/mol. The fraction of sp³-hybridized carbons (Fsp3) is 0.261. The van der Waals surface area contributed by atoms with Crippen LogP contribution in [0.15, 0.2) is 53.4 Å². The van der Waals surface area contributed by atoms with Crippen molar-refractivity contribution in [3.63, 3.8) is 0 Å². The summed E-state index contributed by atoms with van der Waals surface area (Å²) in [6.07, 6.45) is -4.82. The molecule has 1 unspecified atom stereocenters. The lowest BCUT2D eigenvalue weighted by atomic mass is 10.0. The average molecular weight is 462 g/mol. The minimum atomic E-state index is -4.82. The molecule has 0 fully saturated rings. The number of fused-ring (bicyclic) bond motifs is 1. The van der Waals surface area contributed by atoms with Crippen molar-refractivity contribution in [3.8, 4) is 6.07 Å². The molecule has 5 nitrogen and oxygen atoms in total. The third-order valence-corrected chi connectivity index (χ3v) is 6.88. The average Bonchev–Trinajstić information content (AvgIpc) is 2.68. The third kappa shape index (κ3) is 4.87. The zero-order valence-corrected chi connectivity index (χ0v) is 18.5. The lowest BCUT2D eigenvalue weighted by molar-refractivity contribution is -0.148. The van der Waals surface area contributed by atoms with Gasteiger partial charge in [0.25, 0.3) is 0 Å². The van der Waals surface area contributed by atoms with Gasteiger partial charge in [0.05, 0.1) is 16.5 Å². The Morgan fingerprint density at radius 2 is 1.59 bits per heavy atom. The van der Waals surface area contributed by atoms with Gasteiger partial charge in [-0.15, -0.1) is 0 Å². The number of alkyl halides is 3. The second kappa shape index (κ2) is 8.81. The summed E-state index contributed by atoms with van der Waals surface area (Å²) in [6, 6.07) is 12.8.